The number of benzene rings is 2. The fourth-order valence-electron chi connectivity index (χ4n) is 3.00. The quantitative estimate of drug-likeness (QED) is 0.310. The van der Waals surface area contributed by atoms with Crippen LogP contribution >= 0.6 is 11.8 Å². The second kappa shape index (κ2) is 8.79. The van der Waals surface area contributed by atoms with E-state index in [0.717, 1.165) is 6.42 Å². The van der Waals surface area contributed by atoms with Crippen molar-refractivity contribution in [3.8, 4) is 11.4 Å². The normalized spacial score (nSPS) is 11.5. The van der Waals surface area contributed by atoms with Crippen LogP contribution in [0.5, 0.6) is 0 Å². The minimum atomic E-state index is -0.320. The van der Waals surface area contributed by atoms with Crippen LogP contribution < -0.4 is 5.56 Å². The molecular weight excluding hydrogens is 403 g/mol. The first kappa shape index (κ1) is 20.3. The van der Waals surface area contributed by atoms with Crippen molar-refractivity contribution in [2.45, 2.75) is 37.7 Å². The molecule has 0 fully saturated rings. The molecule has 0 N–H and O–H groups in total. The van der Waals surface area contributed by atoms with Gasteiger partial charge in [0, 0.05) is 12.1 Å². The van der Waals surface area contributed by atoms with Crippen LogP contribution in [-0.2, 0) is 12.3 Å². The first-order valence-electron chi connectivity index (χ1n) is 9.72. The third-order valence-electron chi connectivity index (χ3n) is 4.65. The second-order valence-electron chi connectivity index (χ2n) is 7.36. The molecule has 0 saturated carbocycles. The zero-order chi connectivity index (χ0) is 21.1. The van der Waals surface area contributed by atoms with Gasteiger partial charge in [-0.05, 0) is 48.7 Å². The molecular formula is C22H21FN4O2S. The molecule has 6 nitrogen and oxygen atoms in total. The molecule has 2 aromatic carbocycles. The number of rotatable bonds is 7. The van der Waals surface area contributed by atoms with Gasteiger partial charge in [-0.1, -0.05) is 42.9 Å². The van der Waals surface area contributed by atoms with Gasteiger partial charge in [0.15, 0.2) is 5.16 Å². The maximum atomic E-state index is 13.1. The number of hydrogen-bond donors (Lipinski definition) is 0. The maximum Gasteiger partial charge on any atom is 0.262 e. The highest BCUT2D eigenvalue weighted by Crippen LogP contribution is 2.24. The Balaban J connectivity index is 1.59. The van der Waals surface area contributed by atoms with Crippen LogP contribution in [0.4, 0.5) is 4.39 Å². The Hall–Kier alpha value is -3.00. The first-order valence-corrected chi connectivity index (χ1v) is 10.7. The first-order chi connectivity index (χ1) is 14.5. The summed E-state index contributed by atoms with van der Waals surface area (Å²) in [6, 6.07) is 13.3. The number of para-hydroxylation sites is 1. The minimum absolute atomic E-state index is 0.0405. The van der Waals surface area contributed by atoms with Gasteiger partial charge < -0.3 is 4.52 Å². The Morgan fingerprint density at radius 3 is 2.63 bits per heavy atom. The Kier molecular flexibility index (Phi) is 5.94. The summed E-state index contributed by atoms with van der Waals surface area (Å²) < 4.78 is 20.2. The Morgan fingerprint density at radius 2 is 1.87 bits per heavy atom. The van der Waals surface area contributed by atoms with E-state index in [2.05, 4.69) is 24.0 Å². The van der Waals surface area contributed by atoms with Gasteiger partial charge in [0.25, 0.3) is 5.56 Å². The second-order valence-corrected chi connectivity index (χ2v) is 8.30. The van der Waals surface area contributed by atoms with Crippen molar-refractivity contribution in [3.63, 3.8) is 0 Å². The van der Waals surface area contributed by atoms with E-state index in [4.69, 9.17) is 9.51 Å². The van der Waals surface area contributed by atoms with Gasteiger partial charge >= 0.3 is 0 Å². The molecule has 0 amide bonds. The van der Waals surface area contributed by atoms with E-state index >= 15 is 0 Å². The summed E-state index contributed by atoms with van der Waals surface area (Å²) in [5, 5.41) is 5.21. The Bertz CT molecular complexity index is 1220. The molecule has 0 bridgehead atoms. The largest absolute Gasteiger partial charge is 0.338 e. The van der Waals surface area contributed by atoms with Gasteiger partial charge in [0.1, 0.15) is 5.82 Å². The van der Waals surface area contributed by atoms with Crippen molar-refractivity contribution >= 4 is 22.7 Å². The molecule has 0 saturated heterocycles. The van der Waals surface area contributed by atoms with Crippen LogP contribution in [0, 0.1) is 11.7 Å². The fourth-order valence-corrected chi connectivity index (χ4v) is 3.86. The standard InChI is InChI=1S/C22H21FN4O2S/c1-14(2)11-12-27-21(28)17-5-3-4-6-18(17)24-22(27)30-13-19-25-20(26-29-19)15-7-9-16(23)10-8-15/h3-10,14H,11-13H2,1-2H3. The molecule has 2 heterocycles. The molecule has 0 aliphatic carbocycles. The Morgan fingerprint density at radius 1 is 1.10 bits per heavy atom. The summed E-state index contributed by atoms with van der Waals surface area (Å²) in [5.41, 5.74) is 1.30. The minimum Gasteiger partial charge on any atom is -0.338 e. The van der Waals surface area contributed by atoms with Crippen LogP contribution in [-0.4, -0.2) is 19.7 Å². The molecule has 8 heteroatoms. The fraction of sp³-hybridized carbons (Fsp3) is 0.273. The molecule has 0 spiro atoms. The molecule has 0 radical (unpaired) electrons. The molecule has 154 valence electrons. The van der Waals surface area contributed by atoms with Crippen LogP contribution in [0.15, 0.2) is 63.0 Å². The third kappa shape index (κ3) is 4.43. The lowest BCUT2D eigenvalue weighted by atomic mass is 10.1. The van der Waals surface area contributed by atoms with Gasteiger partial charge in [0.05, 0.1) is 16.7 Å². The molecule has 0 aliphatic rings. The van der Waals surface area contributed by atoms with Crippen molar-refractivity contribution < 1.29 is 8.91 Å². The third-order valence-corrected chi connectivity index (χ3v) is 5.61. The summed E-state index contributed by atoms with van der Waals surface area (Å²) >= 11 is 1.39. The summed E-state index contributed by atoms with van der Waals surface area (Å²) in [4.78, 5) is 22.1. The summed E-state index contributed by atoms with van der Waals surface area (Å²) in [6.07, 6.45) is 0.878. The average molecular weight is 425 g/mol. The molecule has 4 rings (SSSR count). The van der Waals surface area contributed by atoms with Crippen molar-refractivity contribution in [1.29, 1.82) is 0 Å². The number of fused-ring (bicyclic) bond motifs is 1. The van der Waals surface area contributed by atoms with Crippen molar-refractivity contribution in [3.05, 3.63) is 70.6 Å². The van der Waals surface area contributed by atoms with Crippen LogP contribution in [0.1, 0.15) is 26.2 Å². The van der Waals surface area contributed by atoms with Gasteiger partial charge in [-0.3, -0.25) is 9.36 Å². The highest BCUT2D eigenvalue weighted by molar-refractivity contribution is 7.98. The van der Waals surface area contributed by atoms with Gasteiger partial charge in [-0.2, -0.15) is 4.98 Å². The summed E-state index contributed by atoms with van der Waals surface area (Å²) in [7, 11) is 0. The lowest BCUT2D eigenvalue weighted by molar-refractivity contribution is 0.391. The van der Waals surface area contributed by atoms with Crippen LogP contribution in [0.2, 0.25) is 0 Å². The lowest BCUT2D eigenvalue weighted by Crippen LogP contribution is -2.24. The maximum absolute atomic E-state index is 13.1. The predicted octanol–water partition coefficient (Wildman–Crippen LogP) is 4.92. The number of nitrogens with zero attached hydrogens (tertiary/aromatic N) is 4. The number of halogens is 1. The van der Waals surface area contributed by atoms with Crippen molar-refractivity contribution in [2.24, 2.45) is 5.92 Å². The number of hydrogen-bond acceptors (Lipinski definition) is 6. The molecule has 30 heavy (non-hydrogen) atoms. The smallest absolute Gasteiger partial charge is 0.262 e. The Labute approximate surface area is 177 Å². The highest BCUT2D eigenvalue weighted by Gasteiger charge is 2.15. The van der Waals surface area contributed by atoms with E-state index < -0.39 is 0 Å². The number of aromatic nitrogens is 4. The van der Waals surface area contributed by atoms with E-state index in [1.54, 1.807) is 22.8 Å². The highest BCUT2D eigenvalue weighted by atomic mass is 32.2. The van der Waals surface area contributed by atoms with E-state index in [1.165, 1.54) is 23.9 Å². The molecule has 4 aromatic rings. The van der Waals surface area contributed by atoms with Crippen molar-refractivity contribution in [2.75, 3.05) is 0 Å². The topological polar surface area (TPSA) is 73.8 Å². The molecule has 0 aliphatic heterocycles. The summed E-state index contributed by atoms with van der Waals surface area (Å²) in [6.45, 7) is 4.85. The van der Waals surface area contributed by atoms with Crippen LogP contribution in [0.25, 0.3) is 22.3 Å². The van der Waals surface area contributed by atoms with E-state index in [-0.39, 0.29) is 11.4 Å². The van der Waals surface area contributed by atoms with E-state index in [1.807, 2.05) is 18.2 Å². The van der Waals surface area contributed by atoms with Gasteiger partial charge in [0.2, 0.25) is 11.7 Å². The van der Waals surface area contributed by atoms with E-state index in [0.29, 0.717) is 51.6 Å². The SMILES string of the molecule is CC(C)CCn1c(SCc2nc(-c3ccc(F)cc3)no2)nc2ccccc2c1=O. The summed E-state index contributed by atoms with van der Waals surface area (Å²) in [5.74, 6) is 1.34. The molecule has 0 unspecified atom stereocenters. The molecule has 0 atom stereocenters. The lowest BCUT2D eigenvalue weighted by Gasteiger charge is -2.13. The predicted molar refractivity (Wildman–Crippen MR) is 115 cm³/mol. The monoisotopic (exact) mass is 424 g/mol. The molecule has 2 aromatic heterocycles. The van der Waals surface area contributed by atoms with Crippen LogP contribution in [0.3, 0.4) is 0 Å². The van der Waals surface area contributed by atoms with Gasteiger partial charge in [-0.25, -0.2) is 9.37 Å². The van der Waals surface area contributed by atoms with Crippen molar-refractivity contribution in [1.82, 2.24) is 19.7 Å². The zero-order valence-corrected chi connectivity index (χ0v) is 17.5. The zero-order valence-electron chi connectivity index (χ0n) is 16.7. The van der Waals surface area contributed by atoms with E-state index in [9.17, 15) is 9.18 Å². The average Bonchev–Trinajstić information content (AvgIpc) is 3.21. The van der Waals surface area contributed by atoms with Gasteiger partial charge in [-0.15, -0.1) is 0 Å². The number of thioether (sulfide) groups is 1.